The highest BCUT2D eigenvalue weighted by atomic mass is 32.2. The fraction of sp³-hybridized carbons (Fsp3) is 0.278. The van der Waals surface area contributed by atoms with Crippen LogP contribution in [0.4, 0.5) is 5.69 Å². The molecule has 0 aliphatic carbocycles. The monoisotopic (exact) mass is 377 g/mol. The minimum Gasteiger partial charge on any atom is -0.484 e. The summed E-state index contributed by atoms with van der Waals surface area (Å²) in [7, 11) is -3.31. The van der Waals surface area contributed by atoms with Crippen LogP contribution in [0, 0.1) is 0 Å². The van der Waals surface area contributed by atoms with Gasteiger partial charge in [-0.25, -0.2) is 8.42 Å². The Hall–Kier alpha value is -1.99. The van der Waals surface area contributed by atoms with E-state index in [1.54, 1.807) is 28.8 Å². The summed E-state index contributed by atoms with van der Waals surface area (Å²) >= 11 is 1.75. The average molecular weight is 377 g/mol. The molecule has 0 N–H and O–H groups in total. The molecule has 7 heteroatoms. The highest BCUT2D eigenvalue weighted by molar-refractivity contribution is 7.99. The molecular formula is C18H19NO4S2. The van der Waals surface area contributed by atoms with Gasteiger partial charge < -0.3 is 9.64 Å². The van der Waals surface area contributed by atoms with Gasteiger partial charge in [0.05, 0.1) is 10.6 Å². The van der Waals surface area contributed by atoms with Gasteiger partial charge in [-0.3, -0.25) is 4.79 Å². The van der Waals surface area contributed by atoms with Crippen molar-refractivity contribution in [2.45, 2.75) is 16.2 Å². The molecule has 0 spiro atoms. The molecule has 2 aromatic carbocycles. The molecule has 0 atom stereocenters. The topological polar surface area (TPSA) is 63.7 Å². The normalized spacial score (nSPS) is 14.5. The quantitative estimate of drug-likeness (QED) is 0.820. The summed E-state index contributed by atoms with van der Waals surface area (Å²) in [4.78, 5) is 15.7. The van der Waals surface area contributed by atoms with Crippen molar-refractivity contribution in [3.05, 3.63) is 48.5 Å². The molecule has 132 valence electrons. The minimum absolute atomic E-state index is 0.133. The number of amides is 1. The maximum absolute atomic E-state index is 12.6. The molecule has 0 unspecified atom stereocenters. The van der Waals surface area contributed by atoms with Crippen LogP contribution >= 0.6 is 11.8 Å². The molecule has 1 aliphatic heterocycles. The molecule has 0 radical (unpaired) electrons. The van der Waals surface area contributed by atoms with Crippen LogP contribution in [-0.4, -0.2) is 39.5 Å². The number of fused-ring (bicyclic) bond motifs is 1. The molecule has 25 heavy (non-hydrogen) atoms. The van der Waals surface area contributed by atoms with E-state index in [0.29, 0.717) is 12.3 Å². The largest absolute Gasteiger partial charge is 0.484 e. The SMILES string of the molecule is CS(=O)(=O)c1cccc(OCC(=O)N2CCCSc3ccccc32)c1. The van der Waals surface area contributed by atoms with Gasteiger partial charge in [-0.2, -0.15) is 0 Å². The summed E-state index contributed by atoms with van der Waals surface area (Å²) in [6.07, 6.45) is 2.05. The lowest BCUT2D eigenvalue weighted by Gasteiger charge is -2.22. The molecule has 0 saturated carbocycles. The molecule has 0 saturated heterocycles. The molecule has 5 nitrogen and oxygen atoms in total. The van der Waals surface area contributed by atoms with E-state index in [1.165, 1.54) is 12.1 Å². The average Bonchev–Trinajstić information content (AvgIpc) is 2.82. The van der Waals surface area contributed by atoms with Crippen LogP contribution in [0.2, 0.25) is 0 Å². The van der Waals surface area contributed by atoms with Gasteiger partial charge in [0.2, 0.25) is 0 Å². The van der Waals surface area contributed by atoms with Gasteiger partial charge in [0.1, 0.15) is 5.75 Å². The van der Waals surface area contributed by atoms with E-state index in [4.69, 9.17) is 4.74 Å². The summed E-state index contributed by atoms with van der Waals surface area (Å²) in [5.41, 5.74) is 0.906. The van der Waals surface area contributed by atoms with Gasteiger partial charge in [0.25, 0.3) is 5.91 Å². The highest BCUT2D eigenvalue weighted by Gasteiger charge is 2.21. The minimum atomic E-state index is -3.31. The van der Waals surface area contributed by atoms with E-state index in [2.05, 4.69) is 0 Å². The fourth-order valence-corrected chi connectivity index (χ4v) is 4.25. The Morgan fingerprint density at radius 1 is 1.20 bits per heavy atom. The Labute approximate surface area is 151 Å². The van der Waals surface area contributed by atoms with Crippen LogP contribution in [0.25, 0.3) is 0 Å². The lowest BCUT2D eigenvalue weighted by atomic mass is 10.2. The van der Waals surface area contributed by atoms with E-state index in [1.807, 2.05) is 24.3 Å². The van der Waals surface area contributed by atoms with E-state index >= 15 is 0 Å². The van der Waals surface area contributed by atoms with Crippen molar-refractivity contribution in [1.29, 1.82) is 0 Å². The number of anilines is 1. The second kappa shape index (κ2) is 7.49. The number of para-hydroxylation sites is 1. The van der Waals surface area contributed by atoms with Gasteiger partial charge in [0.15, 0.2) is 16.4 Å². The number of benzene rings is 2. The first kappa shape index (κ1) is 17.8. The van der Waals surface area contributed by atoms with Crippen LogP contribution in [0.5, 0.6) is 5.75 Å². The van der Waals surface area contributed by atoms with Crippen molar-refractivity contribution in [2.75, 3.05) is 30.1 Å². The van der Waals surface area contributed by atoms with Crippen LogP contribution in [0.1, 0.15) is 6.42 Å². The number of rotatable bonds is 4. The summed E-state index contributed by atoms with van der Waals surface area (Å²) < 4.78 is 28.8. The van der Waals surface area contributed by atoms with Crippen LogP contribution in [0.15, 0.2) is 58.3 Å². The molecule has 1 amide bonds. The van der Waals surface area contributed by atoms with Crippen molar-refractivity contribution >= 4 is 33.2 Å². The maximum atomic E-state index is 12.6. The van der Waals surface area contributed by atoms with Crippen molar-refractivity contribution < 1.29 is 17.9 Å². The summed E-state index contributed by atoms with van der Waals surface area (Å²) in [5, 5.41) is 0. The van der Waals surface area contributed by atoms with Gasteiger partial charge >= 0.3 is 0 Å². The number of hydrogen-bond donors (Lipinski definition) is 0. The Bertz CT molecular complexity index is 880. The number of ether oxygens (including phenoxy) is 1. The molecular weight excluding hydrogens is 358 g/mol. The Morgan fingerprint density at radius 3 is 2.80 bits per heavy atom. The summed E-state index contributed by atoms with van der Waals surface area (Å²) in [5.74, 6) is 1.20. The number of thioether (sulfide) groups is 1. The number of sulfone groups is 1. The second-order valence-corrected chi connectivity index (χ2v) is 8.90. The number of carbonyl (C=O) groups excluding carboxylic acids is 1. The Morgan fingerprint density at radius 2 is 2.00 bits per heavy atom. The first-order valence-corrected chi connectivity index (χ1v) is 10.8. The third-order valence-electron chi connectivity index (χ3n) is 3.84. The summed E-state index contributed by atoms with van der Waals surface area (Å²) in [6, 6.07) is 14.0. The van der Waals surface area contributed by atoms with E-state index in [9.17, 15) is 13.2 Å². The van der Waals surface area contributed by atoms with E-state index < -0.39 is 9.84 Å². The van der Waals surface area contributed by atoms with Crippen molar-refractivity contribution in [2.24, 2.45) is 0 Å². The molecule has 0 bridgehead atoms. The maximum Gasteiger partial charge on any atom is 0.264 e. The fourth-order valence-electron chi connectivity index (χ4n) is 2.60. The Kier molecular flexibility index (Phi) is 5.34. The van der Waals surface area contributed by atoms with E-state index in [0.717, 1.165) is 29.0 Å². The zero-order valence-electron chi connectivity index (χ0n) is 13.8. The van der Waals surface area contributed by atoms with Crippen molar-refractivity contribution in [3.8, 4) is 5.75 Å². The van der Waals surface area contributed by atoms with Gasteiger partial charge in [-0.05, 0) is 42.5 Å². The predicted octanol–water partition coefficient (Wildman–Crippen LogP) is 3.00. The van der Waals surface area contributed by atoms with Gasteiger partial charge in [-0.15, -0.1) is 11.8 Å². The van der Waals surface area contributed by atoms with Crippen molar-refractivity contribution in [1.82, 2.24) is 0 Å². The first-order chi connectivity index (χ1) is 11.9. The van der Waals surface area contributed by atoms with Gasteiger partial charge in [0, 0.05) is 17.7 Å². The number of hydrogen-bond acceptors (Lipinski definition) is 5. The van der Waals surface area contributed by atoms with Crippen LogP contribution < -0.4 is 9.64 Å². The summed E-state index contributed by atoms with van der Waals surface area (Å²) in [6.45, 7) is 0.516. The lowest BCUT2D eigenvalue weighted by Crippen LogP contribution is -2.35. The highest BCUT2D eigenvalue weighted by Crippen LogP contribution is 2.33. The predicted molar refractivity (Wildman–Crippen MR) is 99.2 cm³/mol. The van der Waals surface area contributed by atoms with Crippen LogP contribution in [-0.2, 0) is 14.6 Å². The molecule has 2 aromatic rings. The van der Waals surface area contributed by atoms with Crippen LogP contribution in [0.3, 0.4) is 0 Å². The van der Waals surface area contributed by atoms with Crippen molar-refractivity contribution in [3.63, 3.8) is 0 Å². The zero-order chi connectivity index (χ0) is 17.9. The Balaban J connectivity index is 1.73. The van der Waals surface area contributed by atoms with E-state index in [-0.39, 0.29) is 17.4 Å². The third-order valence-corrected chi connectivity index (χ3v) is 6.10. The van der Waals surface area contributed by atoms with Gasteiger partial charge in [-0.1, -0.05) is 18.2 Å². The second-order valence-electron chi connectivity index (χ2n) is 5.75. The molecule has 1 aliphatic rings. The molecule has 1 heterocycles. The zero-order valence-corrected chi connectivity index (χ0v) is 15.5. The standard InChI is InChI=1S/C18H19NO4S2/c1-25(21,22)15-7-4-6-14(12-15)23-13-18(20)19-10-5-11-24-17-9-3-2-8-16(17)19/h2-4,6-9,12H,5,10-11,13H2,1H3. The molecule has 3 rings (SSSR count). The number of carbonyl (C=O) groups is 1. The lowest BCUT2D eigenvalue weighted by molar-refractivity contribution is -0.120. The smallest absolute Gasteiger partial charge is 0.264 e. The molecule has 0 fully saturated rings. The first-order valence-electron chi connectivity index (χ1n) is 7.90. The third kappa shape index (κ3) is 4.35. The number of nitrogens with zero attached hydrogens (tertiary/aromatic N) is 1. The molecule has 0 aromatic heterocycles.